The van der Waals surface area contributed by atoms with Gasteiger partial charge in [0.2, 0.25) is 0 Å². The van der Waals surface area contributed by atoms with Crippen LogP contribution in [0.3, 0.4) is 0 Å². The average molecular weight is 277 g/mol. The van der Waals surface area contributed by atoms with Crippen LogP contribution in [0.25, 0.3) is 0 Å². The molecule has 0 aliphatic carbocycles. The molecule has 1 rings (SSSR count). The molecule has 0 aromatic rings. The zero-order valence-corrected chi connectivity index (χ0v) is 12.7. The molecule has 108 valence electrons. The van der Waals surface area contributed by atoms with E-state index in [2.05, 4.69) is 0 Å². The van der Waals surface area contributed by atoms with Gasteiger partial charge in [0.15, 0.2) is 0 Å². The van der Waals surface area contributed by atoms with Crippen molar-refractivity contribution in [2.24, 2.45) is 11.1 Å². The highest BCUT2D eigenvalue weighted by atomic mass is 32.2. The van der Waals surface area contributed by atoms with Gasteiger partial charge < -0.3 is 5.73 Å². The summed E-state index contributed by atoms with van der Waals surface area (Å²) in [5, 5.41) is 0. The van der Waals surface area contributed by atoms with Gasteiger partial charge in [0.25, 0.3) is 10.2 Å². The summed E-state index contributed by atoms with van der Waals surface area (Å²) < 4.78 is 28.2. The van der Waals surface area contributed by atoms with Crippen molar-refractivity contribution in [2.75, 3.05) is 32.7 Å². The van der Waals surface area contributed by atoms with E-state index in [1.165, 1.54) is 0 Å². The number of nitrogens with two attached hydrogens (primary N) is 1. The molecule has 2 N–H and O–H groups in total. The largest absolute Gasteiger partial charge is 0.330 e. The predicted molar refractivity (Wildman–Crippen MR) is 74.4 cm³/mol. The van der Waals surface area contributed by atoms with Crippen LogP contribution in [0.4, 0.5) is 0 Å². The highest BCUT2D eigenvalue weighted by Crippen LogP contribution is 2.21. The maximum atomic E-state index is 12.5. The van der Waals surface area contributed by atoms with Gasteiger partial charge in [-0.2, -0.15) is 17.0 Å². The Labute approximate surface area is 112 Å². The molecule has 0 unspecified atom stereocenters. The van der Waals surface area contributed by atoms with E-state index in [1.54, 1.807) is 8.61 Å². The average Bonchev–Trinajstić information content (AvgIpc) is 2.37. The van der Waals surface area contributed by atoms with E-state index in [4.69, 9.17) is 5.73 Å². The maximum absolute atomic E-state index is 12.5. The van der Waals surface area contributed by atoms with Crippen molar-refractivity contribution in [1.82, 2.24) is 8.61 Å². The van der Waals surface area contributed by atoms with E-state index in [9.17, 15) is 8.42 Å². The minimum Gasteiger partial charge on any atom is -0.330 e. The molecule has 0 radical (unpaired) electrons. The van der Waals surface area contributed by atoms with E-state index in [0.717, 1.165) is 19.3 Å². The zero-order valence-electron chi connectivity index (χ0n) is 11.9. The fraction of sp³-hybridized carbons (Fsp3) is 1.00. The highest BCUT2D eigenvalue weighted by molar-refractivity contribution is 7.86. The van der Waals surface area contributed by atoms with Crippen molar-refractivity contribution in [3.8, 4) is 0 Å². The molecular formula is C12H27N3O2S. The molecule has 0 aromatic carbocycles. The summed E-state index contributed by atoms with van der Waals surface area (Å²) in [7, 11) is -3.31. The Hall–Kier alpha value is -0.170. The number of rotatable bonds is 6. The molecule has 18 heavy (non-hydrogen) atoms. The van der Waals surface area contributed by atoms with Gasteiger partial charge in [-0.1, -0.05) is 27.2 Å². The lowest BCUT2D eigenvalue weighted by atomic mass is 9.94. The molecule has 0 aromatic heterocycles. The molecule has 0 atom stereocenters. The molecule has 1 heterocycles. The first kappa shape index (κ1) is 15.9. The van der Waals surface area contributed by atoms with Crippen LogP contribution in [0, 0.1) is 5.41 Å². The zero-order chi connectivity index (χ0) is 13.8. The van der Waals surface area contributed by atoms with Crippen molar-refractivity contribution >= 4 is 10.2 Å². The van der Waals surface area contributed by atoms with E-state index in [1.807, 2.05) is 20.8 Å². The van der Waals surface area contributed by atoms with Gasteiger partial charge in [-0.15, -0.1) is 0 Å². The van der Waals surface area contributed by atoms with Crippen LogP contribution < -0.4 is 5.73 Å². The highest BCUT2D eigenvalue weighted by Gasteiger charge is 2.32. The van der Waals surface area contributed by atoms with Crippen molar-refractivity contribution in [3.05, 3.63) is 0 Å². The van der Waals surface area contributed by atoms with Crippen molar-refractivity contribution < 1.29 is 8.42 Å². The lowest BCUT2D eigenvalue weighted by Gasteiger charge is -2.35. The third-order valence-electron chi connectivity index (χ3n) is 3.48. The smallest absolute Gasteiger partial charge is 0.281 e. The van der Waals surface area contributed by atoms with Gasteiger partial charge in [-0.25, -0.2) is 0 Å². The molecule has 1 aliphatic rings. The lowest BCUT2D eigenvalue weighted by molar-refractivity contribution is 0.246. The van der Waals surface area contributed by atoms with E-state index in [-0.39, 0.29) is 5.41 Å². The van der Waals surface area contributed by atoms with E-state index < -0.39 is 10.2 Å². The first-order chi connectivity index (χ1) is 8.33. The van der Waals surface area contributed by atoms with Crippen LogP contribution in [0.1, 0.15) is 40.0 Å². The normalized spacial score (nSPS) is 19.4. The van der Waals surface area contributed by atoms with Crippen LogP contribution in [0.2, 0.25) is 0 Å². The topological polar surface area (TPSA) is 66.6 Å². The van der Waals surface area contributed by atoms with Crippen LogP contribution in [0.5, 0.6) is 0 Å². The van der Waals surface area contributed by atoms with Gasteiger partial charge in [-0.3, -0.25) is 0 Å². The number of piperidine rings is 1. The summed E-state index contributed by atoms with van der Waals surface area (Å²) in [6.07, 6.45) is 3.07. The SMILES string of the molecule is CCN(CC(C)(C)CN)S(=O)(=O)N1CCCCC1. The van der Waals surface area contributed by atoms with Gasteiger partial charge in [0.05, 0.1) is 0 Å². The second kappa shape index (κ2) is 6.32. The van der Waals surface area contributed by atoms with Crippen LogP contribution in [-0.4, -0.2) is 49.8 Å². The second-order valence-corrected chi connectivity index (χ2v) is 7.69. The number of hydrogen-bond donors (Lipinski definition) is 1. The van der Waals surface area contributed by atoms with Crippen LogP contribution >= 0.6 is 0 Å². The molecular weight excluding hydrogens is 250 g/mol. The Balaban J connectivity index is 2.79. The minimum atomic E-state index is -3.31. The molecule has 0 amide bonds. The fourth-order valence-electron chi connectivity index (χ4n) is 2.16. The molecule has 0 saturated carbocycles. The summed E-state index contributed by atoms with van der Waals surface area (Å²) >= 11 is 0. The fourth-order valence-corrected chi connectivity index (χ4v) is 4.04. The summed E-state index contributed by atoms with van der Waals surface area (Å²) in [5.74, 6) is 0. The Kier molecular flexibility index (Phi) is 5.58. The Morgan fingerprint density at radius 2 is 1.78 bits per heavy atom. The minimum absolute atomic E-state index is 0.182. The Bertz CT molecular complexity index is 348. The summed E-state index contributed by atoms with van der Waals surface area (Å²) in [6.45, 7) is 8.67. The van der Waals surface area contributed by atoms with Gasteiger partial charge >= 0.3 is 0 Å². The summed E-state index contributed by atoms with van der Waals surface area (Å²) in [6, 6.07) is 0. The quantitative estimate of drug-likeness (QED) is 0.788. The molecule has 6 heteroatoms. The predicted octanol–water partition coefficient (Wildman–Crippen LogP) is 1.02. The summed E-state index contributed by atoms with van der Waals surface area (Å²) in [5.41, 5.74) is 5.51. The van der Waals surface area contributed by atoms with E-state index in [0.29, 0.717) is 32.7 Å². The number of nitrogens with zero attached hydrogens (tertiary/aromatic N) is 2. The molecule has 1 aliphatic heterocycles. The van der Waals surface area contributed by atoms with E-state index >= 15 is 0 Å². The van der Waals surface area contributed by atoms with Gasteiger partial charge in [0, 0.05) is 26.2 Å². The van der Waals surface area contributed by atoms with Crippen molar-refractivity contribution in [3.63, 3.8) is 0 Å². The standard InChI is InChI=1S/C12H27N3O2S/c1-4-14(11-12(2,3)10-13)18(16,17)15-8-6-5-7-9-15/h4-11,13H2,1-3H3. The monoisotopic (exact) mass is 277 g/mol. The lowest BCUT2D eigenvalue weighted by Crippen LogP contribution is -2.49. The third-order valence-corrected chi connectivity index (χ3v) is 5.53. The first-order valence-electron chi connectivity index (χ1n) is 6.79. The van der Waals surface area contributed by atoms with Gasteiger partial charge in [0.1, 0.15) is 0 Å². The van der Waals surface area contributed by atoms with Crippen LogP contribution in [0.15, 0.2) is 0 Å². The molecule has 1 fully saturated rings. The van der Waals surface area contributed by atoms with Gasteiger partial charge in [-0.05, 0) is 24.8 Å². The Morgan fingerprint density at radius 3 is 2.22 bits per heavy atom. The molecule has 0 spiro atoms. The number of hydrogen-bond acceptors (Lipinski definition) is 3. The molecule has 1 saturated heterocycles. The summed E-state index contributed by atoms with van der Waals surface area (Å²) in [4.78, 5) is 0. The molecule has 5 nitrogen and oxygen atoms in total. The third kappa shape index (κ3) is 3.91. The van der Waals surface area contributed by atoms with Crippen LogP contribution in [-0.2, 0) is 10.2 Å². The maximum Gasteiger partial charge on any atom is 0.281 e. The van der Waals surface area contributed by atoms with Crippen molar-refractivity contribution in [1.29, 1.82) is 0 Å². The van der Waals surface area contributed by atoms with Crippen molar-refractivity contribution in [2.45, 2.75) is 40.0 Å². The second-order valence-electron chi connectivity index (χ2n) is 5.76. The molecule has 0 bridgehead atoms. The Morgan fingerprint density at radius 1 is 1.22 bits per heavy atom. The first-order valence-corrected chi connectivity index (χ1v) is 8.18.